The first-order valence-electron chi connectivity index (χ1n) is 13.3. The van der Waals surface area contributed by atoms with E-state index >= 15 is 0 Å². The molecule has 3 atom stereocenters. The number of nitrogens with one attached hydrogen (secondary N) is 1. The normalized spacial score (nSPS) is 27.2. The number of carbonyl (C=O) groups is 2. The molecule has 0 bridgehead atoms. The Kier molecular flexibility index (Phi) is 9.96. The van der Waals surface area contributed by atoms with E-state index in [0.29, 0.717) is 12.5 Å². The third-order valence-corrected chi connectivity index (χ3v) is 8.39. The summed E-state index contributed by atoms with van der Waals surface area (Å²) in [5, 5.41) is 11.8. The minimum absolute atomic E-state index is 0.0691. The number of rotatable bonds is 8. The quantitative estimate of drug-likeness (QED) is 0.605. The van der Waals surface area contributed by atoms with Gasteiger partial charge >= 0.3 is 0 Å². The van der Waals surface area contributed by atoms with Crippen LogP contribution in [-0.4, -0.2) is 67.1 Å². The summed E-state index contributed by atoms with van der Waals surface area (Å²) in [7, 11) is 4.35. The average molecular weight is 472 g/mol. The first-order chi connectivity index (χ1) is 16.4. The van der Waals surface area contributed by atoms with Gasteiger partial charge in [-0.2, -0.15) is 0 Å². The van der Waals surface area contributed by atoms with Crippen LogP contribution in [0.3, 0.4) is 0 Å². The van der Waals surface area contributed by atoms with Gasteiger partial charge in [-0.25, -0.2) is 0 Å². The van der Waals surface area contributed by atoms with E-state index < -0.39 is 0 Å². The molecule has 1 aliphatic carbocycles. The van der Waals surface area contributed by atoms with E-state index in [1.165, 1.54) is 24.8 Å². The van der Waals surface area contributed by atoms with Gasteiger partial charge in [-0.05, 0) is 63.6 Å². The Hall–Kier alpha value is -1.92. The van der Waals surface area contributed by atoms with Gasteiger partial charge in [-0.15, -0.1) is 0 Å². The molecule has 34 heavy (non-hydrogen) atoms. The van der Waals surface area contributed by atoms with Crippen molar-refractivity contribution in [2.45, 2.75) is 70.3 Å². The Morgan fingerprint density at radius 2 is 1.82 bits per heavy atom. The van der Waals surface area contributed by atoms with Gasteiger partial charge in [0, 0.05) is 24.5 Å². The molecule has 6 nitrogen and oxygen atoms in total. The molecule has 2 fully saturated rings. The molecular formula is C28H45N3O3. The van der Waals surface area contributed by atoms with Gasteiger partial charge < -0.3 is 15.3 Å². The standard InChI is InChI=1S/C28H45N3O3/c1-22-24(20-23-10-7-11-23)12-8-15-28(30(2)3,25-13-5-4-6-14-25)16-9-18-31(27(22)34)21-26(33)29-17-19-32/h4-6,13-14,22-24,32H,7-12,15-21H2,1-3H3,(H,29,33)/t22?,24?,28-/m1/s1. The molecule has 190 valence electrons. The molecule has 3 rings (SSSR count). The van der Waals surface area contributed by atoms with Crippen LogP contribution in [0.4, 0.5) is 0 Å². The van der Waals surface area contributed by atoms with E-state index in [1.54, 1.807) is 4.90 Å². The Balaban J connectivity index is 1.86. The van der Waals surface area contributed by atoms with Crippen LogP contribution in [-0.2, 0) is 15.1 Å². The molecular weight excluding hydrogens is 426 g/mol. The van der Waals surface area contributed by atoms with E-state index in [4.69, 9.17) is 5.11 Å². The molecule has 1 saturated carbocycles. The lowest BCUT2D eigenvalue weighted by atomic mass is 9.73. The maximum Gasteiger partial charge on any atom is 0.239 e. The van der Waals surface area contributed by atoms with Gasteiger partial charge in [-0.3, -0.25) is 14.5 Å². The van der Waals surface area contributed by atoms with E-state index in [1.807, 2.05) is 0 Å². The number of nitrogens with zero attached hydrogens (tertiary/aromatic N) is 2. The summed E-state index contributed by atoms with van der Waals surface area (Å²) in [6, 6.07) is 10.8. The zero-order valence-corrected chi connectivity index (χ0v) is 21.5. The summed E-state index contributed by atoms with van der Waals surface area (Å²) in [5.41, 5.74) is 1.25. The van der Waals surface area contributed by atoms with Gasteiger partial charge in [0.05, 0.1) is 13.2 Å². The van der Waals surface area contributed by atoms with Crippen LogP contribution in [0.2, 0.25) is 0 Å². The monoisotopic (exact) mass is 471 g/mol. The molecule has 1 heterocycles. The second kappa shape index (κ2) is 12.7. The second-order valence-electron chi connectivity index (χ2n) is 10.7. The van der Waals surface area contributed by atoms with E-state index in [2.05, 4.69) is 61.6 Å². The van der Waals surface area contributed by atoms with Crippen molar-refractivity contribution in [1.82, 2.24) is 15.1 Å². The van der Waals surface area contributed by atoms with Crippen LogP contribution in [0.15, 0.2) is 30.3 Å². The third-order valence-electron chi connectivity index (χ3n) is 8.39. The SMILES string of the molecule is CC1C(=O)N(CC(=O)NCCO)CCC[C@](c2ccccc2)(N(C)C)CCCC1CC1CCC1. The summed E-state index contributed by atoms with van der Waals surface area (Å²) in [5.74, 6) is 0.950. The van der Waals surface area contributed by atoms with Crippen molar-refractivity contribution in [2.24, 2.45) is 17.8 Å². The Bertz CT molecular complexity index is 780. The largest absolute Gasteiger partial charge is 0.395 e. The number of carbonyl (C=O) groups excluding carboxylic acids is 2. The Labute approximate surface area is 206 Å². The highest BCUT2D eigenvalue weighted by atomic mass is 16.3. The molecule has 2 aliphatic rings. The van der Waals surface area contributed by atoms with E-state index in [9.17, 15) is 9.59 Å². The number of hydrogen-bond acceptors (Lipinski definition) is 4. The lowest BCUT2D eigenvalue weighted by Gasteiger charge is -2.41. The number of hydrogen-bond donors (Lipinski definition) is 2. The lowest BCUT2D eigenvalue weighted by molar-refractivity contribution is -0.141. The molecule has 2 amide bonds. The molecule has 0 spiro atoms. The Morgan fingerprint density at radius 3 is 2.44 bits per heavy atom. The van der Waals surface area contributed by atoms with Gasteiger partial charge in [0.25, 0.3) is 0 Å². The van der Waals surface area contributed by atoms with Crippen LogP contribution >= 0.6 is 0 Å². The fraction of sp³-hybridized carbons (Fsp3) is 0.714. The molecule has 1 aliphatic heterocycles. The molecule has 1 aromatic carbocycles. The van der Waals surface area contributed by atoms with E-state index in [0.717, 1.165) is 44.4 Å². The molecule has 6 heteroatoms. The van der Waals surface area contributed by atoms with Gasteiger partial charge in [0.2, 0.25) is 11.8 Å². The molecule has 0 radical (unpaired) electrons. The van der Waals surface area contributed by atoms with Crippen molar-refractivity contribution in [3.05, 3.63) is 35.9 Å². The fourth-order valence-electron chi connectivity index (χ4n) is 6.00. The average Bonchev–Trinajstić information content (AvgIpc) is 2.82. The second-order valence-corrected chi connectivity index (χ2v) is 10.7. The van der Waals surface area contributed by atoms with Gasteiger partial charge in [-0.1, -0.05) is 62.9 Å². The van der Waals surface area contributed by atoms with Gasteiger partial charge in [0.1, 0.15) is 0 Å². The smallest absolute Gasteiger partial charge is 0.239 e. The molecule has 2 unspecified atom stereocenters. The molecule has 2 N–H and O–H groups in total. The van der Waals surface area contributed by atoms with Crippen molar-refractivity contribution >= 4 is 11.8 Å². The minimum Gasteiger partial charge on any atom is -0.395 e. The summed E-state index contributed by atoms with van der Waals surface area (Å²) in [4.78, 5) is 30.3. The topological polar surface area (TPSA) is 72.9 Å². The summed E-state index contributed by atoms with van der Waals surface area (Å²) in [6.45, 7) is 2.85. The maximum absolute atomic E-state index is 13.6. The zero-order chi connectivity index (χ0) is 24.6. The predicted octanol–water partition coefficient (Wildman–Crippen LogP) is 3.79. The van der Waals surface area contributed by atoms with Crippen molar-refractivity contribution < 1.29 is 14.7 Å². The predicted molar refractivity (Wildman–Crippen MR) is 136 cm³/mol. The number of aliphatic hydroxyl groups excluding tert-OH is 1. The highest BCUT2D eigenvalue weighted by Crippen LogP contribution is 2.41. The number of amides is 2. The van der Waals surface area contributed by atoms with Crippen molar-refractivity contribution in [3.8, 4) is 0 Å². The number of benzene rings is 1. The van der Waals surface area contributed by atoms with Crippen LogP contribution in [0.1, 0.15) is 70.3 Å². The fourth-order valence-corrected chi connectivity index (χ4v) is 6.00. The molecule has 1 aromatic rings. The van der Waals surface area contributed by atoms with Crippen LogP contribution in [0.5, 0.6) is 0 Å². The maximum atomic E-state index is 13.6. The summed E-state index contributed by atoms with van der Waals surface area (Å²) < 4.78 is 0. The minimum atomic E-state index is -0.193. The Morgan fingerprint density at radius 1 is 1.12 bits per heavy atom. The molecule has 1 saturated heterocycles. The van der Waals surface area contributed by atoms with Crippen LogP contribution < -0.4 is 5.32 Å². The first-order valence-corrected chi connectivity index (χ1v) is 13.3. The van der Waals surface area contributed by atoms with Crippen molar-refractivity contribution in [3.63, 3.8) is 0 Å². The van der Waals surface area contributed by atoms with Crippen LogP contribution in [0.25, 0.3) is 0 Å². The van der Waals surface area contributed by atoms with Crippen LogP contribution in [0, 0.1) is 17.8 Å². The molecule has 0 aromatic heterocycles. The third kappa shape index (κ3) is 6.60. The van der Waals surface area contributed by atoms with Crippen molar-refractivity contribution in [1.29, 1.82) is 0 Å². The van der Waals surface area contributed by atoms with Crippen molar-refractivity contribution in [2.75, 3.05) is 40.3 Å². The lowest BCUT2D eigenvalue weighted by Crippen LogP contribution is -2.46. The highest BCUT2D eigenvalue weighted by Gasteiger charge is 2.37. The summed E-state index contributed by atoms with van der Waals surface area (Å²) in [6.07, 6.45) is 10.0. The summed E-state index contributed by atoms with van der Waals surface area (Å²) >= 11 is 0. The van der Waals surface area contributed by atoms with E-state index in [-0.39, 0.29) is 43.0 Å². The highest BCUT2D eigenvalue weighted by molar-refractivity contribution is 5.85. The number of aliphatic hydroxyl groups is 1. The first kappa shape index (κ1) is 26.7. The van der Waals surface area contributed by atoms with Gasteiger partial charge in [0.15, 0.2) is 0 Å². The zero-order valence-electron chi connectivity index (χ0n) is 21.5.